The predicted molar refractivity (Wildman–Crippen MR) is 98.1 cm³/mol. The lowest BCUT2D eigenvalue weighted by molar-refractivity contribution is -0.169. The van der Waals surface area contributed by atoms with Crippen molar-refractivity contribution in [1.29, 1.82) is 0 Å². The number of hydrogen-bond donors (Lipinski definition) is 1. The van der Waals surface area contributed by atoms with Gasteiger partial charge in [0, 0.05) is 5.41 Å². The van der Waals surface area contributed by atoms with E-state index in [0.717, 1.165) is 38.5 Å². The lowest BCUT2D eigenvalue weighted by Gasteiger charge is -2.62. The predicted octanol–water partition coefficient (Wildman–Crippen LogP) is 3.81. The van der Waals surface area contributed by atoms with Crippen molar-refractivity contribution >= 4 is 24.6 Å². The van der Waals surface area contributed by atoms with Crippen LogP contribution < -0.4 is 0 Å². The minimum atomic E-state index is -5.65. The van der Waals surface area contributed by atoms with Gasteiger partial charge >= 0.3 is 21.5 Å². The van der Waals surface area contributed by atoms with Gasteiger partial charge < -0.3 is 13.9 Å². The summed E-state index contributed by atoms with van der Waals surface area (Å²) in [5, 5.41) is -4.57. The van der Waals surface area contributed by atoms with Gasteiger partial charge in [0.05, 0.1) is 5.60 Å². The Morgan fingerprint density at radius 2 is 1.71 bits per heavy atom. The van der Waals surface area contributed by atoms with Crippen LogP contribution in [-0.2, 0) is 24.0 Å². The average Bonchev–Trinajstić information content (AvgIpc) is 2.46. The van der Waals surface area contributed by atoms with Crippen molar-refractivity contribution < 1.29 is 40.4 Å². The number of carbonyl (C=O) groups is 1. The molecule has 0 radical (unpaired) electrons. The molecule has 28 heavy (non-hydrogen) atoms. The summed E-state index contributed by atoms with van der Waals surface area (Å²) in [6.07, 6.45) is 4.37. The first kappa shape index (κ1) is 21.9. The van der Waals surface area contributed by atoms with E-state index in [1.165, 1.54) is 0 Å². The quantitative estimate of drug-likeness (QED) is 0.364. The molecule has 4 fully saturated rings. The molecular formula is C17H28F2O7SSi. The average molecular weight is 443 g/mol. The maximum absolute atomic E-state index is 13.2. The molecule has 0 spiro atoms. The van der Waals surface area contributed by atoms with E-state index in [1.54, 1.807) is 0 Å². The van der Waals surface area contributed by atoms with Crippen LogP contribution in [0.5, 0.6) is 0 Å². The fourth-order valence-corrected chi connectivity index (χ4v) is 7.52. The van der Waals surface area contributed by atoms with E-state index < -0.39 is 36.5 Å². The van der Waals surface area contributed by atoms with E-state index in [1.807, 2.05) is 0 Å². The number of halogens is 2. The van der Waals surface area contributed by atoms with Gasteiger partial charge in [-0.15, -0.1) is 0 Å². The summed E-state index contributed by atoms with van der Waals surface area (Å²) in [4.78, 5) is 11.7. The monoisotopic (exact) mass is 442 g/mol. The van der Waals surface area contributed by atoms with Gasteiger partial charge in [-0.3, -0.25) is 4.55 Å². The van der Waals surface area contributed by atoms with Crippen molar-refractivity contribution in [3.8, 4) is 0 Å². The molecule has 0 aromatic carbocycles. The largest absolute Gasteiger partial charge is 0.508 e. The van der Waals surface area contributed by atoms with Gasteiger partial charge in [-0.05, 0) is 70.0 Å². The lowest BCUT2D eigenvalue weighted by Crippen LogP contribution is -2.60. The third kappa shape index (κ3) is 4.68. The highest BCUT2D eigenvalue weighted by Gasteiger charge is 2.59. The Morgan fingerprint density at radius 1 is 1.14 bits per heavy atom. The highest BCUT2D eigenvalue weighted by Crippen LogP contribution is 2.63. The van der Waals surface area contributed by atoms with Crippen molar-refractivity contribution in [2.75, 3.05) is 13.2 Å². The third-order valence-electron chi connectivity index (χ3n) is 5.88. The summed E-state index contributed by atoms with van der Waals surface area (Å²) >= 11 is 0. The Bertz CT molecular complexity index is 720. The molecule has 0 aliphatic heterocycles. The van der Waals surface area contributed by atoms with Crippen molar-refractivity contribution in [3.63, 3.8) is 0 Å². The van der Waals surface area contributed by atoms with Crippen LogP contribution in [0.2, 0.25) is 19.6 Å². The zero-order chi connectivity index (χ0) is 21.0. The SMILES string of the molecule is C[Si](C)(C)OC12CC3CC(CC(COC(=O)OCC(F)(F)S(=O)(=O)O)(C3)C1)C2. The second-order valence-electron chi connectivity index (χ2n) is 9.80. The molecule has 1 N–H and O–H groups in total. The van der Waals surface area contributed by atoms with Crippen LogP contribution in [0.3, 0.4) is 0 Å². The van der Waals surface area contributed by atoms with E-state index in [4.69, 9.17) is 13.7 Å². The van der Waals surface area contributed by atoms with E-state index in [-0.39, 0.29) is 17.6 Å². The Morgan fingerprint density at radius 3 is 2.21 bits per heavy atom. The Labute approximate surface area is 165 Å². The van der Waals surface area contributed by atoms with Gasteiger partial charge in [0.25, 0.3) is 0 Å². The first-order valence-corrected chi connectivity index (χ1v) is 14.3. The zero-order valence-corrected chi connectivity index (χ0v) is 18.2. The molecule has 11 heteroatoms. The number of ether oxygens (including phenoxy) is 2. The zero-order valence-electron chi connectivity index (χ0n) is 16.4. The summed E-state index contributed by atoms with van der Waals surface area (Å²) < 4.78 is 71.8. The topological polar surface area (TPSA) is 99.1 Å². The smallest absolute Gasteiger partial charge is 0.434 e. The van der Waals surface area contributed by atoms with Crippen molar-refractivity contribution in [1.82, 2.24) is 0 Å². The first-order chi connectivity index (χ1) is 12.6. The van der Waals surface area contributed by atoms with Crippen LogP contribution in [0.1, 0.15) is 38.5 Å². The second kappa shape index (κ2) is 6.88. The highest BCUT2D eigenvalue weighted by molar-refractivity contribution is 7.86. The Balaban J connectivity index is 1.61. The standard InChI is InChI=1S/C17H28F2O7SSi/c1-28(2,3)26-16-7-12-4-13(8-16)6-15(5-12,9-16)10-24-14(20)25-11-17(18,19)27(21,22)23/h12-13H,4-11H2,1-3H3,(H,21,22,23). The molecule has 0 aromatic rings. The molecule has 4 saturated carbocycles. The van der Waals surface area contributed by atoms with Crippen LogP contribution in [0.15, 0.2) is 0 Å². The van der Waals surface area contributed by atoms with E-state index >= 15 is 0 Å². The molecular weight excluding hydrogens is 414 g/mol. The van der Waals surface area contributed by atoms with Gasteiger partial charge in [-0.1, -0.05) is 0 Å². The summed E-state index contributed by atoms with van der Waals surface area (Å²) in [5.74, 6) is 1.00. The maximum Gasteiger partial charge on any atom is 0.508 e. The first-order valence-electron chi connectivity index (χ1n) is 9.47. The summed E-state index contributed by atoms with van der Waals surface area (Å²) in [6, 6.07) is 0. The molecule has 0 aromatic heterocycles. The molecule has 7 nitrogen and oxygen atoms in total. The number of hydrogen-bond acceptors (Lipinski definition) is 6. The minimum Gasteiger partial charge on any atom is -0.434 e. The van der Waals surface area contributed by atoms with E-state index in [9.17, 15) is 22.0 Å². The summed E-state index contributed by atoms with van der Waals surface area (Å²) in [6.45, 7) is 4.71. The molecule has 4 rings (SSSR count). The van der Waals surface area contributed by atoms with E-state index in [0.29, 0.717) is 11.8 Å². The molecule has 0 heterocycles. The lowest BCUT2D eigenvalue weighted by atomic mass is 9.48. The van der Waals surface area contributed by atoms with Crippen LogP contribution in [0, 0.1) is 17.3 Å². The normalized spacial score (nSPS) is 35.1. The highest BCUT2D eigenvalue weighted by atomic mass is 32.2. The fraction of sp³-hybridized carbons (Fsp3) is 0.941. The van der Waals surface area contributed by atoms with Gasteiger partial charge in [-0.25, -0.2) is 4.79 Å². The van der Waals surface area contributed by atoms with Crippen molar-refractivity contribution in [2.24, 2.45) is 17.3 Å². The Kier molecular flexibility index (Phi) is 5.39. The van der Waals surface area contributed by atoms with Gasteiger partial charge in [0.2, 0.25) is 0 Å². The number of rotatable bonds is 7. The number of carbonyl (C=O) groups excluding carboxylic acids is 1. The fourth-order valence-electron chi connectivity index (χ4n) is 5.77. The van der Waals surface area contributed by atoms with Crippen LogP contribution in [0.25, 0.3) is 0 Å². The summed E-state index contributed by atoms with van der Waals surface area (Å²) in [7, 11) is -7.42. The third-order valence-corrected chi connectivity index (χ3v) is 7.80. The van der Waals surface area contributed by atoms with Crippen LogP contribution in [-0.4, -0.2) is 51.5 Å². The number of alkyl halides is 2. The molecule has 4 aliphatic carbocycles. The van der Waals surface area contributed by atoms with E-state index in [2.05, 4.69) is 24.4 Å². The molecule has 2 atom stereocenters. The second-order valence-corrected chi connectivity index (χ2v) is 15.8. The van der Waals surface area contributed by atoms with Crippen LogP contribution >= 0.6 is 0 Å². The molecule has 162 valence electrons. The van der Waals surface area contributed by atoms with Gasteiger partial charge in [0.1, 0.15) is 6.61 Å². The molecule has 2 unspecified atom stereocenters. The molecule has 0 saturated heterocycles. The maximum atomic E-state index is 13.2. The van der Waals surface area contributed by atoms with Crippen LogP contribution in [0.4, 0.5) is 13.6 Å². The van der Waals surface area contributed by atoms with Gasteiger partial charge in [-0.2, -0.15) is 17.2 Å². The molecule has 4 aliphatic rings. The molecule has 4 bridgehead atoms. The Hall–Kier alpha value is -0.783. The minimum absolute atomic E-state index is 0.0348. The molecule has 0 amide bonds. The summed E-state index contributed by atoms with van der Waals surface area (Å²) in [5.41, 5.74) is -0.450. The van der Waals surface area contributed by atoms with Crippen molar-refractivity contribution in [2.45, 2.75) is 69.0 Å². The van der Waals surface area contributed by atoms with Crippen molar-refractivity contribution in [3.05, 3.63) is 0 Å². The van der Waals surface area contributed by atoms with Gasteiger partial charge in [0.15, 0.2) is 14.9 Å².